The van der Waals surface area contributed by atoms with Gasteiger partial charge in [0.25, 0.3) is 0 Å². The third kappa shape index (κ3) is 9.17. The molecule has 4 atom stereocenters. The number of esters is 1. The number of cyclic esters (lactones) is 1. The van der Waals surface area contributed by atoms with E-state index in [-0.39, 0.29) is 30.0 Å². The second-order valence-corrected chi connectivity index (χ2v) is 9.35. The molecule has 2 rings (SSSR count). The Bertz CT molecular complexity index is 691. The Morgan fingerprint density at radius 2 is 1.79 bits per heavy atom. The van der Waals surface area contributed by atoms with Crippen molar-refractivity contribution in [2.45, 2.75) is 79.4 Å². The molecule has 1 fully saturated rings. The van der Waals surface area contributed by atoms with E-state index in [1.165, 1.54) is 5.56 Å². The highest BCUT2D eigenvalue weighted by molar-refractivity contribution is 5.75. The van der Waals surface area contributed by atoms with Crippen LogP contribution in [0.25, 0.3) is 0 Å². The number of nitrogens with two attached hydrogens (primary N) is 1. The Labute approximate surface area is 201 Å². The number of hydrogen-bond acceptors (Lipinski definition) is 6. The van der Waals surface area contributed by atoms with E-state index in [2.05, 4.69) is 39.8 Å². The lowest BCUT2D eigenvalue weighted by Crippen LogP contribution is -2.37. The lowest BCUT2D eigenvalue weighted by atomic mass is 9.82. The largest absolute Gasteiger partial charge is 0.493 e. The van der Waals surface area contributed by atoms with Crippen LogP contribution in [0.3, 0.4) is 0 Å². The number of ether oxygens (including phenoxy) is 4. The van der Waals surface area contributed by atoms with E-state index >= 15 is 0 Å². The van der Waals surface area contributed by atoms with Gasteiger partial charge in [-0.25, -0.2) is 0 Å². The van der Waals surface area contributed by atoms with Crippen LogP contribution in [0.15, 0.2) is 18.2 Å². The molecule has 1 aliphatic heterocycles. The molecular formula is C27H47NO5. The molecule has 0 spiro atoms. The normalized spacial score (nSPS) is 19.7. The highest BCUT2D eigenvalue weighted by Gasteiger charge is 2.39. The Hall–Kier alpha value is -1.79. The summed E-state index contributed by atoms with van der Waals surface area (Å²) in [6, 6.07) is 5.97. The van der Waals surface area contributed by atoms with Crippen molar-refractivity contribution >= 4 is 5.97 Å². The summed E-state index contributed by atoms with van der Waals surface area (Å²) in [6.07, 6.45) is 3.07. The van der Waals surface area contributed by atoms with E-state index in [0.29, 0.717) is 25.0 Å². The molecule has 0 amide bonds. The zero-order valence-corrected chi connectivity index (χ0v) is 22.1. The molecule has 0 saturated carbocycles. The highest BCUT2D eigenvalue weighted by atomic mass is 16.6. The van der Waals surface area contributed by atoms with Crippen molar-refractivity contribution in [3.8, 4) is 11.5 Å². The Morgan fingerprint density at radius 1 is 1.09 bits per heavy atom. The molecule has 0 aliphatic carbocycles. The molecule has 3 unspecified atom stereocenters. The van der Waals surface area contributed by atoms with Crippen molar-refractivity contribution in [1.82, 2.24) is 0 Å². The highest BCUT2D eigenvalue weighted by Crippen LogP contribution is 2.34. The predicted octanol–water partition coefficient (Wildman–Crippen LogP) is 5.26. The van der Waals surface area contributed by atoms with E-state index < -0.39 is 0 Å². The molecule has 0 radical (unpaired) electrons. The van der Waals surface area contributed by atoms with Crippen molar-refractivity contribution in [1.29, 1.82) is 0 Å². The Kier molecular flexibility index (Phi) is 13.4. The van der Waals surface area contributed by atoms with Crippen molar-refractivity contribution in [3.63, 3.8) is 0 Å². The standard InChI is InChI=1S/C25H41NO5.C2H6/c1-16(2)19(14-21(26)23-15-20(17(3)4)25(27)31-23)12-18-8-9-22(29-6)24(13-18)30-11-7-10-28-5;1-2/h8-9,13,16-17,19-21,23H,7,10-12,14-15,26H2,1-6H3;1-2H3/t19?,20-,21?,23?;/m0./s1. The Morgan fingerprint density at radius 3 is 2.33 bits per heavy atom. The molecule has 1 aromatic rings. The summed E-state index contributed by atoms with van der Waals surface area (Å²) < 4.78 is 22.1. The smallest absolute Gasteiger partial charge is 0.309 e. The van der Waals surface area contributed by atoms with Crippen LogP contribution in [0.2, 0.25) is 0 Å². The molecule has 6 heteroatoms. The SMILES string of the molecule is CC.COCCCOc1cc(CC(CC(N)C2C[C@@H](C(C)C)C(=O)O2)C(C)C)ccc1OC. The fraction of sp³-hybridized carbons (Fsp3) is 0.741. The van der Waals surface area contributed by atoms with E-state index in [9.17, 15) is 4.79 Å². The van der Waals surface area contributed by atoms with Gasteiger partial charge in [-0.2, -0.15) is 0 Å². The van der Waals surface area contributed by atoms with Crippen molar-refractivity contribution in [3.05, 3.63) is 23.8 Å². The minimum Gasteiger partial charge on any atom is -0.493 e. The first-order valence-corrected chi connectivity index (χ1v) is 12.5. The monoisotopic (exact) mass is 465 g/mol. The maximum absolute atomic E-state index is 12.2. The molecule has 190 valence electrons. The zero-order valence-electron chi connectivity index (χ0n) is 22.1. The van der Waals surface area contributed by atoms with Gasteiger partial charge in [-0.1, -0.05) is 47.6 Å². The van der Waals surface area contributed by atoms with Gasteiger partial charge in [0.15, 0.2) is 11.5 Å². The van der Waals surface area contributed by atoms with Gasteiger partial charge >= 0.3 is 5.97 Å². The topological polar surface area (TPSA) is 80.0 Å². The maximum atomic E-state index is 12.2. The van der Waals surface area contributed by atoms with Gasteiger partial charge in [0.1, 0.15) is 6.10 Å². The molecule has 2 N–H and O–H groups in total. The minimum absolute atomic E-state index is 0.0343. The van der Waals surface area contributed by atoms with Gasteiger partial charge in [-0.3, -0.25) is 4.79 Å². The van der Waals surface area contributed by atoms with Crippen LogP contribution >= 0.6 is 0 Å². The van der Waals surface area contributed by atoms with Crippen molar-refractivity contribution < 1.29 is 23.7 Å². The third-order valence-electron chi connectivity index (χ3n) is 6.33. The van der Waals surface area contributed by atoms with Crippen molar-refractivity contribution in [2.75, 3.05) is 27.4 Å². The van der Waals surface area contributed by atoms with E-state index in [0.717, 1.165) is 37.2 Å². The third-order valence-corrected chi connectivity index (χ3v) is 6.33. The second-order valence-electron chi connectivity index (χ2n) is 9.35. The maximum Gasteiger partial charge on any atom is 0.309 e. The van der Waals surface area contributed by atoms with E-state index in [1.54, 1.807) is 14.2 Å². The molecule has 1 saturated heterocycles. The molecule has 0 bridgehead atoms. The van der Waals surface area contributed by atoms with Crippen LogP contribution in [0.5, 0.6) is 11.5 Å². The lowest BCUT2D eigenvalue weighted by Gasteiger charge is -2.27. The summed E-state index contributed by atoms with van der Waals surface area (Å²) in [7, 11) is 3.34. The first kappa shape index (κ1) is 29.2. The van der Waals surface area contributed by atoms with Crippen molar-refractivity contribution in [2.24, 2.45) is 29.4 Å². The number of rotatable bonds is 13. The molecule has 1 aromatic carbocycles. The van der Waals surface area contributed by atoms with Gasteiger partial charge in [0, 0.05) is 26.2 Å². The minimum atomic E-state index is -0.184. The van der Waals surface area contributed by atoms with Crippen LogP contribution in [-0.4, -0.2) is 45.5 Å². The van der Waals surface area contributed by atoms with Gasteiger partial charge in [0.05, 0.1) is 19.6 Å². The Balaban J connectivity index is 0.00000265. The average molecular weight is 466 g/mol. The number of methoxy groups -OCH3 is 2. The predicted molar refractivity (Wildman–Crippen MR) is 134 cm³/mol. The lowest BCUT2D eigenvalue weighted by molar-refractivity contribution is -0.146. The van der Waals surface area contributed by atoms with Crippen LogP contribution in [-0.2, 0) is 20.7 Å². The quantitative estimate of drug-likeness (QED) is 0.316. The molecule has 1 aliphatic rings. The molecular weight excluding hydrogens is 418 g/mol. The molecule has 33 heavy (non-hydrogen) atoms. The van der Waals surface area contributed by atoms with Crippen LogP contribution in [0.1, 0.15) is 66.4 Å². The fourth-order valence-electron chi connectivity index (χ4n) is 4.18. The van der Waals surface area contributed by atoms with Crippen LogP contribution < -0.4 is 15.2 Å². The number of carbonyl (C=O) groups is 1. The zero-order chi connectivity index (χ0) is 25.0. The number of benzene rings is 1. The summed E-state index contributed by atoms with van der Waals surface area (Å²) in [6.45, 7) is 13.8. The van der Waals surface area contributed by atoms with E-state index in [4.69, 9.17) is 24.7 Å². The average Bonchev–Trinajstić information content (AvgIpc) is 3.20. The van der Waals surface area contributed by atoms with E-state index in [1.807, 2.05) is 19.9 Å². The first-order chi connectivity index (χ1) is 15.8. The molecule has 6 nitrogen and oxygen atoms in total. The summed E-state index contributed by atoms with van der Waals surface area (Å²) in [5.41, 5.74) is 7.72. The number of carbonyl (C=O) groups excluding carboxylic acids is 1. The van der Waals surface area contributed by atoms with Crippen LogP contribution in [0.4, 0.5) is 0 Å². The summed E-state index contributed by atoms with van der Waals surface area (Å²) in [4.78, 5) is 12.2. The van der Waals surface area contributed by atoms with Gasteiger partial charge in [0.2, 0.25) is 0 Å². The number of hydrogen-bond donors (Lipinski definition) is 1. The molecule has 1 heterocycles. The second kappa shape index (κ2) is 15.2. The summed E-state index contributed by atoms with van der Waals surface area (Å²) in [5, 5.41) is 0. The first-order valence-electron chi connectivity index (χ1n) is 12.5. The summed E-state index contributed by atoms with van der Waals surface area (Å²) >= 11 is 0. The molecule has 0 aromatic heterocycles. The summed E-state index contributed by atoms with van der Waals surface area (Å²) in [5.74, 6) is 2.48. The van der Waals surface area contributed by atoms with Gasteiger partial charge in [-0.05, 0) is 54.7 Å². The van der Waals surface area contributed by atoms with Crippen LogP contribution in [0, 0.1) is 23.7 Å². The van der Waals surface area contributed by atoms with Gasteiger partial charge < -0.3 is 24.7 Å². The fourth-order valence-corrected chi connectivity index (χ4v) is 4.18. The van der Waals surface area contributed by atoms with Gasteiger partial charge in [-0.15, -0.1) is 0 Å².